The Hall–Kier alpha value is -1.42. The van der Waals surface area contributed by atoms with Crippen LogP contribution in [0.15, 0.2) is 41.3 Å². The third-order valence-electron chi connectivity index (χ3n) is 4.44. The fourth-order valence-electron chi connectivity index (χ4n) is 2.93. The summed E-state index contributed by atoms with van der Waals surface area (Å²) in [5, 5.41) is 3.46. The van der Waals surface area contributed by atoms with Crippen molar-refractivity contribution in [2.45, 2.75) is 4.90 Å². The molecular formula is C18H17Cl3FN3O3S. The van der Waals surface area contributed by atoms with E-state index in [1.54, 1.807) is 4.90 Å². The van der Waals surface area contributed by atoms with Gasteiger partial charge in [-0.05, 0) is 24.3 Å². The number of sulfonamides is 1. The van der Waals surface area contributed by atoms with Gasteiger partial charge in [0.15, 0.2) is 0 Å². The molecule has 0 aliphatic carbocycles. The average Bonchev–Trinajstić information content (AvgIpc) is 2.66. The molecule has 0 spiro atoms. The molecule has 11 heteroatoms. The Balaban J connectivity index is 1.58. The molecule has 1 fully saturated rings. The van der Waals surface area contributed by atoms with E-state index in [1.807, 2.05) is 0 Å². The second kappa shape index (κ2) is 9.16. The Labute approximate surface area is 183 Å². The summed E-state index contributed by atoms with van der Waals surface area (Å²) < 4.78 is 40.4. The highest BCUT2D eigenvalue weighted by molar-refractivity contribution is 7.89. The number of benzene rings is 2. The first kappa shape index (κ1) is 22.3. The fourth-order valence-corrected chi connectivity index (χ4v) is 5.01. The lowest BCUT2D eigenvalue weighted by Gasteiger charge is -2.33. The fraction of sp³-hybridized carbons (Fsp3) is 0.278. The molecular weight excluding hydrogens is 464 g/mol. The quantitative estimate of drug-likeness (QED) is 0.662. The van der Waals surface area contributed by atoms with Gasteiger partial charge in [0.1, 0.15) is 10.7 Å². The van der Waals surface area contributed by atoms with Crippen molar-refractivity contribution >= 4 is 56.4 Å². The molecule has 29 heavy (non-hydrogen) atoms. The SMILES string of the molecule is O=C(CN1CCN(S(=O)(=O)c2ccccc2F)CC1)Nc1cc(Cl)c(Cl)cc1Cl. The highest BCUT2D eigenvalue weighted by Gasteiger charge is 2.30. The largest absolute Gasteiger partial charge is 0.324 e. The Morgan fingerprint density at radius 3 is 2.28 bits per heavy atom. The molecule has 156 valence electrons. The normalized spacial score (nSPS) is 16.0. The highest BCUT2D eigenvalue weighted by atomic mass is 35.5. The summed E-state index contributed by atoms with van der Waals surface area (Å²) in [6, 6.07) is 8.17. The molecule has 3 rings (SSSR count). The first-order chi connectivity index (χ1) is 13.7. The molecule has 1 amide bonds. The summed E-state index contributed by atoms with van der Waals surface area (Å²) in [4.78, 5) is 13.8. The molecule has 0 aromatic heterocycles. The van der Waals surface area contributed by atoms with Crippen molar-refractivity contribution in [3.63, 3.8) is 0 Å². The van der Waals surface area contributed by atoms with Crippen molar-refractivity contribution in [1.29, 1.82) is 0 Å². The van der Waals surface area contributed by atoms with Gasteiger partial charge in [0.05, 0.1) is 27.3 Å². The van der Waals surface area contributed by atoms with Crippen molar-refractivity contribution in [3.8, 4) is 0 Å². The molecule has 0 radical (unpaired) electrons. The Morgan fingerprint density at radius 1 is 1.00 bits per heavy atom. The van der Waals surface area contributed by atoms with Gasteiger partial charge in [0.2, 0.25) is 15.9 Å². The summed E-state index contributed by atoms with van der Waals surface area (Å²) in [6.45, 7) is 1.01. The summed E-state index contributed by atoms with van der Waals surface area (Å²) in [6.07, 6.45) is 0. The molecule has 2 aromatic carbocycles. The van der Waals surface area contributed by atoms with Gasteiger partial charge < -0.3 is 5.32 Å². The lowest BCUT2D eigenvalue weighted by molar-refractivity contribution is -0.117. The average molecular weight is 481 g/mol. The third kappa shape index (κ3) is 5.20. The van der Waals surface area contributed by atoms with E-state index in [2.05, 4.69) is 5.32 Å². The van der Waals surface area contributed by atoms with Crippen LogP contribution in [-0.2, 0) is 14.8 Å². The topological polar surface area (TPSA) is 69.7 Å². The van der Waals surface area contributed by atoms with Crippen LogP contribution in [0, 0.1) is 5.82 Å². The van der Waals surface area contributed by atoms with Crippen molar-refractivity contribution in [3.05, 3.63) is 57.3 Å². The summed E-state index contributed by atoms with van der Waals surface area (Å²) >= 11 is 17.9. The summed E-state index contributed by atoms with van der Waals surface area (Å²) in [7, 11) is -3.92. The number of carbonyl (C=O) groups is 1. The molecule has 0 unspecified atom stereocenters. The minimum atomic E-state index is -3.92. The minimum absolute atomic E-state index is 0.0458. The Morgan fingerprint density at radius 2 is 1.62 bits per heavy atom. The van der Waals surface area contributed by atoms with Crippen LogP contribution in [-0.4, -0.2) is 56.3 Å². The Bertz CT molecular complexity index is 1030. The van der Waals surface area contributed by atoms with Gasteiger partial charge >= 0.3 is 0 Å². The molecule has 0 bridgehead atoms. The summed E-state index contributed by atoms with van der Waals surface area (Å²) in [5.74, 6) is -1.11. The van der Waals surface area contributed by atoms with Gasteiger partial charge in [0, 0.05) is 26.2 Å². The van der Waals surface area contributed by atoms with E-state index in [9.17, 15) is 17.6 Å². The zero-order valence-electron chi connectivity index (χ0n) is 15.0. The molecule has 6 nitrogen and oxygen atoms in total. The van der Waals surface area contributed by atoms with Gasteiger partial charge in [0.25, 0.3) is 0 Å². The van der Waals surface area contributed by atoms with Crippen LogP contribution in [0.5, 0.6) is 0 Å². The van der Waals surface area contributed by atoms with Crippen molar-refractivity contribution < 1.29 is 17.6 Å². The van der Waals surface area contributed by atoms with E-state index in [4.69, 9.17) is 34.8 Å². The number of halogens is 4. The van der Waals surface area contributed by atoms with Crippen molar-refractivity contribution in [2.24, 2.45) is 0 Å². The van der Waals surface area contributed by atoms with E-state index < -0.39 is 15.8 Å². The highest BCUT2D eigenvalue weighted by Crippen LogP contribution is 2.32. The van der Waals surface area contributed by atoms with Gasteiger partial charge in [-0.15, -0.1) is 0 Å². The van der Waals surface area contributed by atoms with Gasteiger partial charge in [-0.3, -0.25) is 9.69 Å². The van der Waals surface area contributed by atoms with Gasteiger partial charge in [-0.25, -0.2) is 12.8 Å². The molecule has 1 aliphatic rings. The van der Waals surface area contributed by atoms with Crippen LogP contribution in [0.25, 0.3) is 0 Å². The number of anilines is 1. The van der Waals surface area contributed by atoms with Crippen molar-refractivity contribution in [1.82, 2.24) is 9.21 Å². The molecule has 1 saturated heterocycles. The van der Waals surface area contributed by atoms with Crippen LogP contribution < -0.4 is 5.32 Å². The molecule has 0 atom stereocenters. The van der Waals surface area contributed by atoms with E-state index in [0.29, 0.717) is 18.8 Å². The van der Waals surface area contributed by atoms with E-state index in [-0.39, 0.29) is 45.5 Å². The zero-order valence-corrected chi connectivity index (χ0v) is 18.1. The molecule has 0 saturated carbocycles. The predicted molar refractivity (Wildman–Crippen MR) is 112 cm³/mol. The first-order valence-electron chi connectivity index (χ1n) is 8.60. The van der Waals surface area contributed by atoms with E-state index in [0.717, 1.165) is 6.07 Å². The number of carbonyl (C=O) groups excluding carboxylic acids is 1. The third-order valence-corrected chi connectivity index (χ3v) is 7.40. The van der Waals surface area contributed by atoms with E-state index >= 15 is 0 Å². The van der Waals surface area contributed by atoms with Crippen molar-refractivity contribution in [2.75, 3.05) is 38.0 Å². The number of nitrogens with one attached hydrogen (secondary N) is 1. The molecule has 2 aromatic rings. The second-order valence-electron chi connectivity index (χ2n) is 6.40. The first-order valence-corrected chi connectivity index (χ1v) is 11.2. The molecule has 1 aliphatic heterocycles. The monoisotopic (exact) mass is 479 g/mol. The Kier molecular flexibility index (Phi) is 7.03. The number of hydrogen-bond donors (Lipinski definition) is 1. The van der Waals surface area contributed by atoms with Crippen LogP contribution >= 0.6 is 34.8 Å². The standard InChI is InChI=1S/C18H17Cl3FN3O3S/c19-12-9-14(21)16(10-13(12)20)23-18(26)11-24-5-7-25(8-6-24)29(27,28)17-4-2-1-3-15(17)22/h1-4,9-10H,5-8,11H2,(H,23,26). The van der Waals surface area contributed by atoms with E-state index in [1.165, 1.54) is 34.6 Å². The maximum absolute atomic E-state index is 13.9. The maximum Gasteiger partial charge on any atom is 0.246 e. The zero-order chi connectivity index (χ0) is 21.2. The number of amides is 1. The number of piperazine rings is 1. The molecule has 1 N–H and O–H groups in total. The van der Waals surface area contributed by atoms with Crippen LogP contribution in [0.4, 0.5) is 10.1 Å². The number of nitrogens with zero attached hydrogens (tertiary/aromatic N) is 2. The van der Waals surface area contributed by atoms with Crippen LogP contribution in [0.3, 0.4) is 0 Å². The van der Waals surface area contributed by atoms with Gasteiger partial charge in [-0.1, -0.05) is 46.9 Å². The predicted octanol–water partition coefficient (Wildman–Crippen LogP) is 3.73. The van der Waals surface area contributed by atoms with Crippen LogP contribution in [0.2, 0.25) is 15.1 Å². The smallest absolute Gasteiger partial charge is 0.246 e. The summed E-state index contributed by atoms with van der Waals surface area (Å²) in [5.41, 5.74) is 0.340. The number of hydrogen-bond acceptors (Lipinski definition) is 4. The second-order valence-corrected chi connectivity index (χ2v) is 9.53. The van der Waals surface area contributed by atoms with Crippen LogP contribution in [0.1, 0.15) is 0 Å². The lowest BCUT2D eigenvalue weighted by atomic mass is 10.3. The lowest BCUT2D eigenvalue weighted by Crippen LogP contribution is -2.50. The van der Waals surface area contributed by atoms with Gasteiger partial charge in [-0.2, -0.15) is 4.31 Å². The maximum atomic E-state index is 13.9. The number of rotatable bonds is 5. The minimum Gasteiger partial charge on any atom is -0.324 e. The molecule has 1 heterocycles.